The van der Waals surface area contributed by atoms with Gasteiger partial charge in [0, 0.05) is 44.1 Å². The molecule has 2 atom stereocenters. The van der Waals surface area contributed by atoms with E-state index in [1.165, 1.54) is 10.5 Å². The van der Waals surface area contributed by atoms with Gasteiger partial charge in [-0.15, -0.1) is 0 Å². The van der Waals surface area contributed by atoms with Crippen LogP contribution in [0.15, 0.2) is 24.4 Å². The predicted octanol–water partition coefficient (Wildman–Crippen LogP) is 5.07. The van der Waals surface area contributed by atoms with Crippen LogP contribution in [0.1, 0.15) is 46.5 Å². The van der Waals surface area contributed by atoms with E-state index in [2.05, 4.69) is 22.5 Å². The molecular formula is C26H35Cl2N5O4S. The molecule has 2 aromatic rings. The number of hydrogen-bond donors (Lipinski definition) is 2. The van der Waals surface area contributed by atoms with Gasteiger partial charge in [0.25, 0.3) is 0 Å². The quantitative estimate of drug-likeness (QED) is 0.446. The van der Waals surface area contributed by atoms with Gasteiger partial charge >= 0.3 is 0 Å². The fourth-order valence-corrected chi connectivity index (χ4v) is 6.65. The van der Waals surface area contributed by atoms with E-state index in [1.54, 1.807) is 26.0 Å². The van der Waals surface area contributed by atoms with Crippen molar-refractivity contribution in [1.29, 1.82) is 0 Å². The number of amides is 1. The van der Waals surface area contributed by atoms with Gasteiger partial charge in [-0.25, -0.2) is 22.7 Å². The van der Waals surface area contributed by atoms with Gasteiger partial charge in [0.2, 0.25) is 15.9 Å². The number of ether oxygens (including phenoxy) is 1. The highest BCUT2D eigenvalue weighted by atomic mass is 35.5. The second-order valence-electron chi connectivity index (χ2n) is 10.2. The van der Waals surface area contributed by atoms with Crippen LogP contribution < -0.4 is 10.6 Å². The Labute approximate surface area is 234 Å². The second-order valence-corrected chi connectivity index (χ2v) is 13.5. The second kappa shape index (κ2) is 12.5. The zero-order chi connectivity index (χ0) is 27.4. The number of nitrogens with zero attached hydrogens (tertiary/aromatic N) is 3. The Hall–Kier alpha value is -1.98. The highest BCUT2D eigenvalue weighted by molar-refractivity contribution is 7.89. The van der Waals surface area contributed by atoms with Crippen molar-refractivity contribution in [3.05, 3.63) is 34.4 Å². The van der Waals surface area contributed by atoms with E-state index in [0.717, 1.165) is 26.1 Å². The maximum atomic E-state index is 13.1. The number of carbonyl (C=O) groups excluding carboxylic acids is 1. The molecule has 0 unspecified atom stereocenters. The van der Waals surface area contributed by atoms with Crippen LogP contribution in [0, 0.1) is 11.8 Å². The fourth-order valence-electron chi connectivity index (χ4n) is 4.88. The molecule has 0 radical (unpaired) electrons. The molecule has 0 bridgehead atoms. The Morgan fingerprint density at radius 3 is 2.55 bits per heavy atom. The summed E-state index contributed by atoms with van der Waals surface area (Å²) in [6.45, 7) is 7.54. The van der Waals surface area contributed by atoms with Crippen molar-refractivity contribution in [2.24, 2.45) is 11.8 Å². The van der Waals surface area contributed by atoms with E-state index in [9.17, 15) is 13.2 Å². The SMILES string of the molecule is CC(C)S(=O)(=O)N1CCC[C@H](C(=O)Nc2cc(-c3nc(N[C@@H](C)C4CCOCC4)ccc3Cl)c(Cl)cn2)C1. The normalized spacial score (nSPS) is 20.3. The third-order valence-electron chi connectivity index (χ3n) is 7.27. The smallest absolute Gasteiger partial charge is 0.229 e. The minimum Gasteiger partial charge on any atom is -0.381 e. The summed E-state index contributed by atoms with van der Waals surface area (Å²) in [5.41, 5.74) is 1.02. The van der Waals surface area contributed by atoms with E-state index >= 15 is 0 Å². The number of carbonyl (C=O) groups is 1. The minimum absolute atomic E-state index is 0.152. The average Bonchev–Trinajstić information content (AvgIpc) is 2.91. The Morgan fingerprint density at radius 1 is 1.11 bits per heavy atom. The van der Waals surface area contributed by atoms with Crippen molar-refractivity contribution >= 4 is 50.8 Å². The predicted molar refractivity (Wildman–Crippen MR) is 151 cm³/mol. The lowest BCUT2D eigenvalue weighted by Gasteiger charge is -2.32. The number of piperidine rings is 1. The fraction of sp³-hybridized carbons (Fsp3) is 0.577. The third-order valence-corrected chi connectivity index (χ3v) is 10.1. The molecule has 0 spiro atoms. The van der Waals surface area contributed by atoms with Crippen LogP contribution in [0.2, 0.25) is 10.0 Å². The van der Waals surface area contributed by atoms with Crippen LogP contribution >= 0.6 is 23.2 Å². The van der Waals surface area contributed by atoms with Crippen LogP contribution in [0.25, 0.3) is 11.3 Å². The van der Waals surface area contributed by atoms with Crippen LogP contribution in [0.5, 0.6) is 0 Å². The van der Waals surface area contributed by atoms with Crippen LogP contribution in [0.4, 0.5) is 11.6 Å². The molecule has 4 heterocycles. The molecule has 208 valence electrons. The number of nitrogens with one attached hydrogen (secondary N) is 2. The van der Waals surface area contributed by atoms with Gasteiger partial charge in [0.05, 0.1) is 26.9 Å². The van der Waals surface area contributed by atoms with Crippen molar-refractivity contribution in [1.82, 2.24) is 14.3 Å². The van der Waals surface area contributed by atoms with Crippen LogP contribution in [0.3, 0.4) is 0 Å². The number of rotatable bonds is 8. The first-order chi connectivity index (χ1) is 18.1. The molecular weight excluding hydrogens is 549 g/mol. The third kappa shape index (κ3) is 6.77. The molecule has 0 aromatic carbocycles. The summed E-state index contributed by atoms with van der Waals surface area (Å²) < 4.78 is 32.1. The van der Waals surface area contributed by atoms with Crippen molar-refractivity contribution in [3.63, 3.8) is 0 Å². The molecule has 9 nitrogen and oxygen atoms in total. The highest BCUT2D eigenvalue weighted by Crippen LogP contribution is 2.34. The molecule has 2 aliphatic heterocycles. The van der Waals surface area contributed by atoms with Crippen LogP contribution in [-0.4, -0.2) is 66.2 Å². The number of hydrogen-bond acceptors (Lipinski definition) is 7. The molecule has 0 aliphatic carbocycles. The highest BCUT2D eigenvalue weighted by Gasteiger charge is 2.34. The van der Waals surface area contributed by atoms with Crippen LogP contribution in [-0.2, 0) is 19.6 Å². The minimum atomic E-state index is -3.43. The lowest BCUT2D eigenvalue weighted by Crippen LogP contribution is -2.46. The molecule has 1 amide bonds. The molecule has 2 saturated heterocycles. The number of sulfonamides is 1. The first kappa shape index (κ1) is 29.0. The molecule has 12 heteroatoms. The molecule has 0 saturated carbocycles. The molecule has 2 N–H and O–H groups in total. The molecule has 38 heavy (non-hydrogen) atoms. The number of anilines is 2. The van der Waals surface area contributed by atoms with Gasteiger partial charge < -0.3 is 15.4 Å². The van der Waals surface area contributed by atoms with Crippen molar-refractivity contribution in [2.75, 3.05) is 36.9 Å². The standard InChI is InChI=1S/C26H35Cl2N5O4S/c1-16(2)38(35,36)33-10-4-5-19(15-33)26(34)32-24-13-20(22(28)14-29-24)25-21(27)6-7-23(31-25)30-17(3)18-8-11-37-12-9-18/h6-7,13-14,16-19H,4-5,8-12,15H2,1-3H3,(H,30,31)(H,29,32,34)/t17-,19-/m0/s1. The zero-order valence-electron chi connectivity index (χ0n) is 21.9. The summed E-state index contributed by atoms with van der Waals surface area (Å²) in [6, 6.07) is 5.45. The Balaban J connectivity index is 1.50. The average molecular weight is 585 g/mol. The van der Waals surface area contributed by atoms with Gasteiger partial charge in [-0.3, -0.25) is 4.79 Å². The number of aromatic nitrogens is 2. The van der Waals surface area contributed by atoms with E-state index < -0.39 is 21.2 Å². The van der Waals surface area contributed by atoms with Crippen molar-refractivity contribution in [2.45, 2.75) is 57.7 Å². The van der Waals surface area contributed by atoms with E-state index in [4.69, 9.17) is 32.9 Å². The number of pyridine rings is 2. The zero-order valence-corrected chi connectivity index (χ0v) is 24.2. The van der Waals surface area contributed by atoms with E-state index in [0.29, 0.717) is 58.2 Å². The maximum Gasteiger partial charge on any atom is 0.229 e. The maximum absolute atomic E-state index is 13.1. The summed E-state index contributed by atoms with van der Waals surface area (Å²) in [4.78, 5) is 22.1. The lowest BCUT2D eigenvalue weighted by molar-refractivity contribution is -0.120. The molecule has 4 rings (SSSR count). The molecule has 2 aliphatic rings. The first-order valence-electron chi connectivity index (χ1n) is 13.0. The van der Waals surface area contributed by atoms with Gasteiger partial charge in [-0.2, -0.15) is 0 Å². The molecule has 2 aromatic heterocycles. The van der Waals surface area contributed by atoms with Gasteiger partial charge in [-0.05, 0) is 70.6 Å². The summed E-state index contributed by atoms with van der Waals surface area (Å²) in [5, 5.41) is 6.53. The Bertz CT molecular complexity index is 1250. The Morgan fingerprint density at radius 2 is 1.84 bits per heavy atom. The summed E-state index contributed by atoms with van der Waals surface area (Å²) in [7, 11) is -3.43. The van der Waals surface area contributed by atoms with Gasteiger partial charge in [-0.1, -0.05) is 23.2 Å². The van der Waals surface area contributed by atoms with E-state index in [-0.39, 0.29) is 18.5 Å². The summed E-state index contributed by atoms with van der Waals surface area (Å²) in [5.74, 6) is 0.705. The Kier molecular flexibility index (Phi) is 9.52. The van der Waals surface area contributed by atoms with Crippen molar-refractivity contribution in [3.8, 4) is 11.3 Å². The summed E-state index contributed by atoms with van der Waals surface area (Å²) >= 11 is 13.0. The number of halogens is 2. The largest absolute Gasteiger partial charge is 0.381 e. The van der Waals surface area contributed by atoms with Gasteiger partial charge in [0.1, 0.15) is 11.6 Å². The summed E-state index contributed by atoms with van der Waals surface area (Å²) in [6.07, 6.45) is 4.66. The van der Waals surface area contributed by atoms with Crippen molar-refractivity contribution < 1.29 is 17.9 Å². The van der Waals surface area contributed by atoms with E-state index in [1.807, 2.05) is 6.07 Å². The topological polar surface area (TPSA) is 114 Å². The molecule has 2 fully saturated rings. The monoisotopic (exact) mass is 583 g/mol. The van der Waals surface area contributed by atoms with Gasteiger partial charge in [0.15, 0.2) is 0 Å². The lowest BCUT2D eigenvalue weighted by atomic mass is 9.93. The first-order valence-corrected chi connectivity index (χ1v) is 15.3.